The molecule has 1 aromatic heterocycles. The Balaban J connectivity index is 3.23. The zero-order valence-electron chi connectivity index (χ0n) is 6.11. The molecule has 0 atom stereocenters. The number of nitrogens with zero attached hydrogens (tertiary/aromatic N) is 1. The Hall–Kier alpha value is -0.0300. The van der Waals surface area contributed by atoms with Gasteiger partial charge in [-0.1, -0.05) is 0 Å². The molecule has 0 radical (unpaired) electrons. The van der Waals surface area contributed by atoms with Crippen LogP contribution in [-0.4, -0.2) is 4.98 Å². The van der Waals surface area contributed by atoms with Crippen LogP contribution in [0, 0.1) is 6.92 Å². The van der Waals surface area contributed by atoms with Crippen LogP contribution in [0.5, 0.6) is 0 Å². The molecule has 0 saturated carbocycles. The second-order valence-corrected chi connectivity index (χ2v) is 3.87. The maximum atomic E-state index is 12.2. The predicted molar refractivity (Wildman–Crippen MR) is 49.3 cm³/mol. The van der Waals surface area contributed by atoms with Gasteiger partial charge in [0.15, 0.2) is 0 Å². The van der Waals surface area contributed by atoms with E-state index in [9.17, 15) is 8.78 Å². The van der Waals surface area contributed by atoms with Crippen LogP contribution in [0.4, 0.5) is 8.78 Å². The fourth-order valence-corrected chi connectivity index (χ4v) is 1.53. The van der Waals surface area contributed by atoms with Crippen LogP contribution < -0.4 is 0 Å². The van der Waals surface area contributed by atoms with Crippen molar-refractivity contribution in [2.75, 3.05) is 0 Å². The quantitative estimate of drug-likeness (QED) is 0.718. The summed E-state index contributed by atoms with van der Waals surface area (Å²) in [5.41, 5.74) is 0.310. The lowest BCUT2D eigenvalue weighted by atomic mass is 10.2. The molecule has 1 aromatic rings. The summed E-state index contributed by atoms with van der Waals surface area (Å²) in [6.45, 7) is 1.60. The third-order valence-electron chi connectivity index (χ3n) is 1.37. The van der Waals surface area contributed by atoms with Gasteiger partial charge in [0.2, 0.25) is 0 Å². The average Bonchev–Trinajstić information content (AvgIpc) is 1.96. The van der Waals surface area contributed by atoms with Crippen LogP contribution in [0.25, 0.3) is 0 Å². The second-order valence-electron chi connectivity index (χ2n) is 2.26. The van der Waals surface area contributed by atoms with Gasteiger partial charge in [0.05, 0.1) is 4.47 Å². The summed E-state index contributed by atoms with van der Waals surface area (Å²) in [6.07, 6.45) is -2.52. The maximum absolute atomic E-state index is 12.2. The Morgan fingerprint density at radius 1 is 1.42 bits per heavy atom. The summed E-state index contributed by atoms with van der Waals surface area (Å²) >= 11 is 6.23. The van der Waals surface area contributed by atoms with Gasteiger partial charge < -0.3 is 0 Å². The second kappa shape index (κ2) is 3.79. The average molecular weight is 301 g/mol. The number of pyridine rings is 1. The SMILES string of the molecule is Cc1cc(Br)c(Br)nc1C(F)F. The summed E-state index contributed by atoms with van der Waals surface area (Å²) in [7, 11) is 0. The number of halogens is 4. The first-order chi connectivity index (χ1) is 5.52. The van der Waals surface area contributed by atoms with Gasteiger partial charge in [-0.2, -0.15) is 0 Å². The summed E-state index contributed by atoms with van der Waals surface area (Å²) in [6, 6.07) is 1.61. The van der Waals surface area contributed by atoms with Crippen molar-refractivity contribution in [1.29, 1.82) is 0 Å². The molecule has 0 bridgehead atoms. The van der Waals surface area contributed by atoms with E-state index in [1.807, 2.05) is 0 Å². The highest BCUT2D eigenvalue weighted by Gasteiger charge is 2.14. The summed E-state index contributed by atoms with van der Waals surface area (Å²) in [5, 5.41) is 0. The van der Waals surface area contributed by atoms with E-state index < -0.39 is 6.43 Å². The lowest BCUT2D eigenvalue weighted by molar-refractivity contribution is 0.145. The van der Waals surface area contributed by atoms with Crippen LogP contribution in [0.15, 0.2) is 15.1 Å². The molecule has 0 amide bonds. The van der Waals surface area contributed by atoms with Crippen LogP contribution in [0.1, 0.15) is 17.7 Å². The van der Waals surface area contributed by atoms with Gasteiger partial charge in [-0.3, -0.25) is 0 Å². The summed E-state index contributed by atoms with van der Waals surface area (Å²) < 4.78 is 25.6. The highest BCUT2D eigenvalue weighted by Crippen LogP contribution is 2.28. The topological polar surface area (TPSA) is 12.9 Å². The normalized spacial score (nSPS) is 10.8. The molecule has 0 aliphatic rings. The van der Waals surface area contributed by atoms with Crippen LogP contribution in [0.3, 0.4) is 0 Å². The Labute approximate surface area is 85.4 Å². The number of rotatable bonds is 1. The van der Waals surface area contributed by atoms with Crippen molar-refractivity contribution in [2.45, 2.75) is 13.3 Å². The Morgan fingerprint density at radius 2 is 2.00 bits per heavy atom. The Kier molecular flexibility index (Phi) is 3.17. The third kappa shape index (κ3) is 2.01. The lowest BCUT2D eigenvalue weighted by Crippen LogP contribution is -1.95. The van der Waals surface area contributed by atoms with E-state index in [2.05, 4.69) is 36.8 Å². The van der Waals surface area contributed by atoms with Gasteiger partial charge in [0.25, 0.3) is 6.43 Å². The van der Waals surface area contributed by atoms with Crippen molar-refractivity contribution < 1.29 is 8.78 Å². The van der Waals surface area contributed by atoms with Gasteiger partial charge in [-0.05, 0) is 50.4 Å². The molecule has 1 heterocycles. The molecule has 1 rings (SSSR count). The molecule has 0 aliphatic heterocycles. The van der Waals surface area contributed by atoms with E-state index >= 15 is 0 Å². The smallest absolute Gasteiger partial charge is 0.238 e. The van der Waals surface area contributed by atoms with Crippen LogP contribution in [0.2, 0.25) is 0 Å². The van der Waals surface area contributed by atoms with Gasteiger partial charge in [-0.15, -0.1) is 0 Å². The molecule has 0 N–H and O–H groups in total. The zero-order chi connectivity index (χ0) is 9.30. The van der Waals surface area contributed by atoms with Gasteiger partial charge in [0, 0.05) is 0 Å². The highest BCUT2D eigenvalue weighted by atomic mass is 79.9. The predicted octanol–water partition coefficient (Wildman–Crippen LogP) is 3.85. The zero-order valence-corrected chi connectivity index (χ0v) is 9.29. The van der Waals surface area contributed by atoms with Gasteiger partial charge in [-0.25, -0.2) is 13.8 Å². The fourth-order valence-electron chi connectivity index (χ4n) is 0.792. The van der Waals surface area contributed by atoms with Gasteiger partial charge in [0.1, 0.15) is 10.3 Å². The molecule has 0 fully saturated rings. The first-order valence-electron chi connectivity index (χ1n) is 3.13. The van der Waals surface area contributed by atoms with E-state index in [0.717, 1.165) is 0 Å². The molecular weight excluding hydrogens is 296 g/mol. The lowest BCUT2D eigenvalue weighted by Gasteiger charge is -2.04. The number of hydrogen-bond donors (Lipinski definition) is 0. The molecule has 0 unspecified atom stereocenters. The van der Waals surface area contributed by atoms with Gasteiger partial charge >= 0.3 is 0 Å². The van der Waals surface area contributed by atoms with Crippen molar-refractivity contribution >= 4 is 31.9 Å². The molecule has 5 heteroatoms. The van der Waals surface area contributed by atoms with Crippen molar-refractivity contribution in [3.05, 3.63) is 26.4 Å². The Bertz CT molecular complexity index is 302. The molecule has 1 nitrogen and oxygen atoms in total. The number of alkyl halides is 2. The maximum Gasteiger partial charge on any atom is 0.280 e. The van der Waals surface area contributed by atoms with Crippen molar-refractivity contribution in [1.82, 2.24) is 4.98 Å². The molecule has 12 heavy (non-hydrogen) atoms. The summed E-state index contributed by atoms with van der Waals surface area (Å²) in [5.74, 6) is 0. The number of hydrogen-bond acceptors (Lipinski definition) is 1. The third-order valence-corrected chi connectivity index (χ3v) is 3.11. The van der Waals surface area contributed by atoms with E-state index in [-0.39, 0.29) is 5.69 Å². The van der Waals surface area contributed by atoms with Crippen molar-refractivity contribution in [3.8, 4) is 0 Å². The van der Waals surface area contributed by atoms with Crippen LogP contribution >= 0.6 is 31.9 Å². The molecule has 0 spiro atoms. The number of aromatic nitrogens is 1. The van der Waals surface area contributed by atoms with Crippen molar-refractivity contribution in [2.24, 2.45) is 0 Å². The minimum Gasteiger partial charge on any atom is -0.238 e. The fraction of sp³-hybridized carbons (Fsp3) is 0.286. The molecular formula is C7H5Br2F2N. The van der Waals surface area contributed by atoms with E-state index in [4.69, 9.17) is 0 Å². The monoisotopic (exact) mass is 299 g/mol. The molecule has 0 saturated heterocycles. The highest BCUT2D eigenvalue weighted by molar-refractivity contribution is 9.13. The van der Waals surface area contributed by atoms with Crippen molar-refractivity contribution in [3.63, 3.8) is 0 Å². The Morgan fingerprint density at radius 3 is 2.50 bits per heavy atom. The first kappa shape index (κ1) is 10.1. The minimum absolute atomic E-state index is 0.176. The minimum atomic E-state index is -2.52. The molecule has 0 aromatic carbocycles. The van der Waals surface area contributed by atoms with E-state index in [1.165, 1.54) is 0 Å². The standard InChI is InChI=1S/C7H5Br2F2N/c1-3-2-4(8)6(9)12-5(3)7(10)11/h2,7H,1H3. The molecule has 0 aliphatic carbocycles. The number of aryl methyl sites for hydroxylation is 1. The van der Waals surface area contributed by atoms with E-state index in [1.54, 1.807) is 13.0 Å². The molecule has 66 valence electrons. The van der Waals surface area contributed by atoms with E-state index in [0.29, 0.717) is 14.6 Å². The largest absolute Gasteiger partial charge is 0.280 e. The summed E-state index contributed by atoms with van der Waals surface area (Å²) in [4.78, 5) is 3.69. The first-order valence-corrected chi connectivity index (χ1v) is 4.71. The van der Waals surface area contributed by atoms with Crippen LogP contribution in [-0.2, 0) is 0 Å².